The quantitative estimate of drug-likeness (QED) is 0.852. The molecule has 2 heterocycles. The van der Waals surface area contributed by atoms with E-state index in [0.717, 1.165) is 17.1 Å². The molecule has 0 N–H and O–H groups in total. The SMILES string of the molecule is Brc1ccc(CN2CCN(C3CCCC3)CC2)nc1. The van der Waals surface area contributed by atoms with Crippen LogP contribution < -0.4 is 0 Å². The monoisotopic (exact) mass is 323 g/mol. The Morgan fingerprint density at radius 3 is 2.47 bits per heavy atom. The fourth-order valence-corrected chi connectivity index (χ4v) is 3.52. The summed E-state index contributed by atoms with van der Waals surface area (Å²) < 4.78 is 1.06. The fraction of sp³-hybridized carbons (Fsp3) is 0.667. The molecular weight excluding hydrogens is 302 g/mol. The molecule has 0 bridgehead atoms. The summed E-state index contributed by atoms with van der Waals surface area (Å²) in [6.45, 7) is 5.84. The van der Waals surface area contributed by atoms with E-state index >= 15 is 0 Å². The molecule has 4 heteroatoms. The van der Waals surface area contributed by atoms with Crippen LogP contribution in [0.4, 0.5) is 0 Å². The second-order valence-corrected chi connectivity index (χ2v) is 6.63. The summed E-state index contributed by atoms with van der Waals surface area (Å²) in [6.07, 6.45) is 7.62. The van der Waals surface area contributed by atoms with Crippen molar-refractivity contribution >= 4 is 15.9 Å². The van der Waals surface area contributed by atoms with E-state index in [1.165, 1.54) is 57.6 Å². The molecule has 19 heavy (non-hydrogen) atoms. The van der Waals surface area contributed by atoms with Crippen molar-refractivity contribution in [1.82, 2.24) is 14.8 Å². The molecule has 0 spiro atoms. The van der Waals surface area contributed by atoms with Crippen LogP contribution in [-0.4, -0.2) is 47.0 Å². The normalized spacial score (nSPS) is 23.0. The molecule has 1 aliphatic carbocycles. The van der Waals surface area contributed by atoms with Gasteiger partial charge in [0.05, 0.1) is 5.69 Å². The molecule has 0 unspecified atom stereocenters. The maximum atomic E-state index is 4.47. The van der Waals surface area contributed by atoms with Crippen LogP contribution in [0.3, 0.4) is 0 Å². The molecule has 1 saturated heterocycles. The third kappa shape index (κ3) is 3.56. The first-order valence-electron chi connectivity index (χ1n) is 7.38. The Hall–Kier alpha value is -0.450. The van der Waals surface area contributed by atoms with E-state index in [0.29, 0.717) is 0 Å². The Balaban J connectivity index is 1.48. The maximum absolute atomic E-state index is 4.47. The molecule has 1 aromatic rings. The maximum Gasteiger partial charge on any atom is 0.0544 e. The summed E-state index contributed by atoms with van der Waals surface area (Å²) in [4.78, 5) is 9.70. The highest BCUT2D eigenvalue weighted by atomic mass is 79.9. The predicted octanol–water partition coefficient (Wildman–Crippen LogP) is 2.90. The zero-order valence-corrected chi connectivity index (χ0v) is 13.0. The van der Waals surface area contributed by atoms with Gasteiger partial charge in [-0.2, -0.15) is 0 Å². The third-order valence-electron chi connectivity index (χ3n) is 4.42. The molecule has 0 aromatic carbocycles. The molecular formula is C15H22BrN3. The Bertz CT molecular complexity index is 392. The second kappa shape index (κ2) is 6.33. The molecule has 1 aromatic heterocycles. The lowest BCUT2D eigenvalue weighted by molar-refractivity contribution is 0.0929. The highest BCUT2D eigenvalue weighted by Gasteiger charge is 2.25. The Morgan fingerprint density at radius 2 is 1.84 bits per heavy atom. The van der Waals surface area contributed by atoms with Crippen LogP contribution in [0.1, 0.15) is 31.4 Å². The standard InChI is InChI=1S/C15H22BrN3/c16-13-5-6-14(17-11-13)12-18-7-9-19(10-8-18)15-3-1-2-4-15/h5-6,11,15H,1-4,7-10,12H2. The van der Waals surface area contributed by atoms with Crippen molar-refractivity contribution in [1.29, 1.82) is 0 Å². The summed E-state index contributed by atoms with van der Waals surface area (Å²) in [5, 5.41) is 0. The molecule has 0 radical (unpaired) electrons. The van der Waals surface area contributed by atoms with Crippen LogP contribution in [0.15, 0.2) is 22.8 Å². The molecule has 104 valence electrons. The fourth-order valence-electron chi connectivity index (χ4n) is 3.29. The average molecular weight is 324 g/mol. The first-order valence-corrected chi connectivity index (χ1v) is 8.17. The number of hydrogen-bond acceptors (Lipinski definition) is 3. The summed E-state index contributed by atoms with van der Waals surface area (Å²) in [5.41, 5.74) is 1.18. The van der Waals surface area contributed by atoms with E-state index in [4.69, 9.17) is 0 Å². The summed E-state index contributed by atoms with van der Waals surface area (Å²) in [6, 6.07) is 5.08. The first kappa shape index (κ1) is 13.5. The van der Waals surface area contributed by atoms with Gasteiger partial charge < -0.3 is 0 Å². The predicted molar refractivity (Wildman–Crippen MR) is 81.0 cm³/mol. The van der Waals surface area contributed by atoms with E-state index in [9.17, 15) is 0 Å². The van der Waals surface area contributed by atoms with Crippen molar-refractivity contribution in [3.05, 3.63) is 28.5 Å². The number of hydrogen-bond donors (Lipinski definition) is 0. The minimum absolute atomic E-state index is 0.882. The van der Waals surface area contributed by atoms with Crippen molar-refractivity contribution in [2.75, 3.05) is 26.2 Å². The minimum Gasteiger partial charge on any atom is -0.298 e. The number of piperazine rings is 1. The average Bonchev–Trinajstić information content (AvgIpc) is 2.96. The van der Waals surface area contributed by atoms with Gasteiger partial charge in [-0.05, 0) is 40.9 Å². The van der Waals surface area contributed by atoms with Crippen molar-refractivity contribution < 1.29 is 0 Å². The number of rotatable bonds is 3. The Kier molecular flexibility index (Phi) is 4.51. The summed E-state index contributed by atoms with van der Waals surface area (Å²) in [7, 11) is 0. The van der Waals surface area contributed by atoms with Gasteiger partial charge in [0.15, 0.2) is 0 Å². The summed E-state index contributed by atoms with van der Waals surface area (Å²) >= 11 is 3.43. The molecule has 3 nitrogen and oxygen atoms in total. The van der Waals surface area contributed by atoms with Crippen molar-refractivity contribution in [3.8, 4) is 0 Å². The van der Waals surface area contributed by atoms with Crippen LogP contribution in [0.5, 0.6) is 0 Å². The van der Waals surface area contributed by atoms with Crippen LogP contribution in [0, 0.1) is 0 Å². The molecule has 3 rings (SSSR count). The molecule has 1 aliphatic heterocycles. The topological polar surface area (TPSA) is 19.4 Å². The van der Waals surface area contributed by atoms with Crippen molar-refractivity contribution in [2.24, 2.45) is 0 Å². The van der Waals surface area contributed by atoms with E-state index in [1.807, 2.05) is 6.20 Å². The lowest BCUT2D eigenvalue weighted by Crippen LogP contribution is -2.49. The van der Waals surface area contributed by atoms with Gasteiger partial charge in [0.25, 0.3) is 0 Å². The van der Waals surface area contributed by atoms with Gasteiger partial charge >= 0.3 is 0 Å². The Morgan fingerprint density at radius 1 is 1.11 bits per heavy atom. The second-order valence-electron chi connectivity index (χ2n) is 5.72. The van der Waals surface area contributed by atoms with Gasteiger partial charge in [0.1, 0.15) is 0 Å². The van der Waals surface area contributed by atoms with Crippen molar-refractivity contribution in [3.63, 3.8) is 0 Å². The van der Waals surface area contributed by atoms with Gasteiger partial charge in [-0.3, -0.25) is 14.8 Å². The van der Waals surface area contributed by atoms with Gasteiger partial charge in [-0.25, -0.2) is 0 Å². The van der Waals surface area contributed by atoms with Gasteiger partial charge in [0, 0.05) is 49.4 Å². The number of nitrogens with zero attached hydrogens (tertiary/aromatic N) is 3. The largest absolute Gasteiger partial charge is 0.298 e. The summed E-state index contributed by atoms with van der Waals surface area (Å²) in [5.74, 6) is 0. The van der Waals surface area contributed by atoms with E-state index in [-0.39, 0.29) is 0 Å². The zero-order valence-electron chi connectivity index (χ0n) is 11.4. The van der Waals surface area contributed by atoms with Crippen LogP contribution in [0.25, 0.3) is 0 Å². The first-order chi connectivity index (χ1) is 9.31. The van der Waals surface area contributed by atoms with E-state index in [1.54, 1.807) is 0 Å². The number of pyridine rings is 1. The minimum atomic E-state index is 0.882. The lowest BCUT2D eigenvalue weighted by atomic mass is 10.2. The number of aromatic nitrogens is 1. The highest BCUT2D eigenvalue weighted by Crippen LogP contribution is 2.24. The lowest BCUT2D eigenvalue weighted by Gasteiger charge is -2.37. The molecule has 0 amide bonds. The van der Waals surface area contributed by atoms with Crippen LogP contribution in [-0.2, 0) is 6.54 Å². The van der Waals surface area contributed by atoms with Gasteiger partial charge in [0.2, 0.25) is 0 Å². The molecule has 1 saturated carbocycles. The van der Waals surface area contributed by atoms with Gasteiger partial charge in [-0.15, -0.1) is 0 Å². The van der Waals surface area contributed by atoms with Gasteiger partial charge in [-0.1, -0.05) is 12.8 Å². The highest BCUT2D eigenvalue weighted by molar-refractivity contribution is 9.10. The van der Waals surface area contributed by atoms with Crippen LogP contribution >= 0.6 is 15.9 Å². The van der Waals surface area contributed by atoms with E-state index in [2.05, 4.69) is 42.8 Å². The van der Waals surface area contributed by atoms with Crippen molar-refractivity contribution in [2.45, 2.75) is 38.3 Å². The van der Waals surface area contributed by atoms with E-state index < -0.39 is 0 Å². The number of halogens is 1. The molecule has 0 atom stereocenters. The smallest absolute Gasteiger partial charge is 0.0544 e. The van der Waals surface area contributed by atoms with Crippen LogP contribution in [0.2, 0.25) is 0 Å². The Labute approximate surface area is 124 Å². The molecule has 2 aliphatic rings. The zero-order chi connectivity index (χ0) is 13.1. The molecule has 2 fully saturated rings. The third-order valence-corrected chi connectivity index (χ3v) is 4.89.